The molecule has 5 unspecified atom stereocenters. The maximum Gasteiger partial charge on any atom is 0.187 e. The van der Waals surface area contributed by atoms with Crippen LogP contribution in [0.5, 0.6) is 0 Å². The van der Waals surface area contributed by atoms with E-state index < -0.39 is 55.2 Å². The lowest BCUT2D eigenvalue weighted by Gasteiger charge is -2.50. The van der Waals surface area contributed by atoms with E-state index in [4.69, 9.17) is 33.2 Å². The highest BCUT2D eigenvalue weighted by Crippen LogP contribution is 2.38. The van der Waals surface area contributed by atoms with Crippen molar-refractivity contribution in [1.82, 2.24) is 0 Å². The molecule has 1 N–H and O–H groups in total. The van der Waals surface area contributed by atoms with E-state index in [0.717, 1.165) is 16.7 Å². The minimum atomic E-state index is -1.10. The molecule has 0 aliphatic carbocycles. The lowest BCUT2D eigenvalue weighted by Crippen LogP contribution is -2.64. The summed E-state index contributed by atoms with van der Waals surface area (Å²) in [6, 6.07) is 28.7. The third kappa shape index (κ3) is 7.61. The van der Waals surface area contributed by atoms with E-state index in [9.17, 15) is 10.6 Å². The number of azide groups is 1. The van der Waals surface area contributed by atoms with Crippen LogP contribution in [0.2, 0.25) is 0 Å². The zero-order valence-corrected chi connectivity index (χ0v) is 26.0. The fraction of sp³-hybridized carbons (Fsp3) is 0.486. The zero-order chi connectivity index (χ0) is 31.9. The third-order valence-electron chi connectivity index (χ3n) is 8.83. The molecule has 0 saturated carbocycles. The molecule has 0 amide bonds. The van der Waals surface area contributed by atoms with Crippen LogP contribution in [0, 0.1) is 5.92 Å². The molecule has 0 spiro atoms. The van der Waals surface area contributed by atoms with Gasteiger partial charge in [0.2, 0.25) is 0 Å². The molecule has 11 atom stereocenters. The van der Waals surface area contributed by atoms with E-state index in [2.05, 4.69) is 10.0 Å². The summed E-state index contributed by atoms with van der Waals surface area (Å²) in [7, 11) is 0. The van der Waals surface area contributed by atoms with E-state index in [1.165, 1.54) is 0 Å². The molecular weight excluding hydrogens is 590 g/mol. The monoisotopic (exact) mass is 631 g/mol. The second kappa shape index (κ2) is 15.5. The molecule has 6 rings (SSSR count). The Morgan fingerprint density at radius 2 is 1.50 bits per heavy atom. The molecular formula is C35H41N3O8. The Bertz CT molecular complexity index is 1410. The molecule has 3 fully saturated rings. The molecule has 3 aromatic carbocycles. The summed E-state index contributed by atoms with van der Waals surface area (Å²) in [5.74, 6) is -0.264. The minimum Gasteiger partial charge on any atom is -0.387 e. The van der Waals surface area contributed by atoms with Crippen LogP contribution in [-0.4, -0.2) is 73.4 Å². The number of benzene rings is 3. The van der Waals surface area contributed by atoms with Gasteiger partial charge < -0.3 is 38.3 Å². The Morgan fingerprint density at radius 3 is 2.17 bits per heavy atom. The van der Waals surface area contributed by atoms with Crippen LogP contribution in [0.15, 0.2) is 96.1 Å². The summed E-state index contributed by atoms with van der Waals surface area (Å²) >= 11 is 0. The number of hydrogen-bond donors (Lipinski definition) is 1. The first-order chi connectivity index (χ1) is 22.5. The summed E-state index contributed by atoms with van der Waals surface area (Å²) in [6.07, 6.45) is -6.48. The van der Waals surface area contributed by atoms with Gasteiger partial charge in [-0.3, -0.25) is 0 Å². The van der Waals surface area contributed by atoms with Crippen LogP contribution < -0.4 is 0 Å². The van der Waals surface area contributed by atoms with Gasteiger partial charge in [-0.1, -0.05) is 103 Å². The second-order valence-electron chi connectivity index (χ2n) is 12.0. The highest BCUT2D eigenvalue weighted by atomic mass is 16.8. The molecule has 11 nitrogen and oxygen atoms in total. The molecule has 3 saturated heterocycles. The molecule has 3 heterocycles. The number of ether oxygens (including phenoxy) is 7. The van der Waals surface area contributed by atoms with Gasteiger partial charge in [0.1, 0.15) is 30.5 Å². The Labute approximate surface area is 268 Å². The van der Waals surface area contributed by atoms with Gasteiger partial charge in [0, 0.05) is 10.5 Å². The summed E-state index contributed by atoms with van der Waals surface area (Å²) in [5.41, 5.74) is 12.1. The maximum absolute atomic E-state index is 11.8. The number of nitrogens with zero attached hydrogens (tertiary/aromatic N) is 3. The summed E-state index contributed by atoms with van der Waals surface area (Å²) in [5, 5.41) is 15.8. The van der Waals surface area contributed by atoms with Gasteiger partial charge in [0.05, 0.1) is 44.7 Å². The number of rotatable bonds is 11. The van der Waals surface area contributed by atoms with Crippen LogP contribution in [0.3, 0.4) is 0 Å². The second-order valence-corrected chi connectivity index (χ2v) is 12.0. The van der Waals surface area contributed by atoms with Gasteiger partial charge in [-0.25, -0.2) is 0 Å². The van der Waals surface area contributed by atoms with E-state index in [1.807, 2.05) is 105 Å². The standard InChI is InChI=1S/C35H41N3O8/c1-22-29(37-38-36)23(2)43-27(20-40-18-24-12-6-3-7-13-24)31(22)45-35-33(41-19-25-14-8-4-9-15-25)30(39)32-28(44-35)21-42-34(46-32)26-16-10-5-11-17-26/h3-17,22-23,27-35,39H,18-21H2,1-2H3/t22-,23+,27?,28?,29?,30+,31+,32-,33?,34?,35+/m1/s1. The Kier molecular flexibility index (Phi) is 11.0. The van der Waals surface area contributed by atoms with Crippen molar-refractivity contribution < 1.29 is 38.3 Å². The number of aliphatic hydroxyl groups is 1. The van der Waals surface area contributed by atoms with Gasteiger partial charge in [0.25, 0.3) is 0 Å². The average molecular weight is 632 g/mol. The summed E-state index contributed by atoms with van der Waals surface area (Å²) < 4.78 is 44.3. The third-order valence-corrected chi connectivity index (χ3v) is 8.83. The van der Waals surface area contributed by atoms with Crippen LogP contribution >= 0.6 is 0 Å². The Morgan fingerprint density at radius 1 is 0.848 bits per heavy atom. The van der Waals surface area contributed by atoms with E-state index in [0.29, 0.717) is 6.61 Å². The van der Waals surface area contributed by atoms with Crippen LogP contribution in [0.4, 0.5) is 0 Å². The number of hydrogen-bond acceptors (Lipinski definition) is 9. The smallest absolute Gasteiger partial charge is 0.187 e. The molecule has 3 aromatic rings. The highest BCUT2D eigenvalue weighted by Gasteiger charge is 2.53. The molecule has 3 aliphatic heterocycles. The largest absolute Gasteiger partial charge is 0.387 e. The van der Waals surface area contributed by atoms with Crippen LogP contribution in [0.25, 0.3) is 10.4 Å². The van der Waals surface area contributed by atoms with Crippen molar-refractivity contribution in [1.29, 1.82) is 0 Å². The first kappa shape index (κ1) is 32.6. The molecule has 0 bridgehead atoms. The fourth-order valence-corrected chi connectivity index (χ4v) is 6.42. The molecule has 0 radical (unpaired) electrons. The van der Waals surface area contributed by atoms with Crippen LogP contribution in [-0.2, 0) is 46.4 Å². The van der Waals surface area contributed by atoms with E-state index in [1.54, 1.807) is 0 Å². The normalized spacial score (nSPS) is 34.3. The van der Waals surface area contributed by atoms with Crippen molar-refractivity contribution in [3.8, 4) is 0 Å². The van der Waals surface area contributed by atoms with Crippen molar-refractivity contribution in [2.75, 3.05) is 13.2 Å². The van der Waals surface area contributed by atoms with E-state index in [-0.39, 0.29) is 31.8 Å². The van der Waals surface area contributed by atoms with Crippen molar-refractivity contribution in [3.63, 3.8) is 0 Å². The van der Waals surface area contributed by atoms with E-state index >= 15 is 0 Å². The van der Waals surface area contributed by atoms with Crippen molar-refractivity contribution in [2.24, 2.45) is 11.0 Å². The molecule has 244 valence electrons. The van der Waals surface area contributed by atoms with Crippen molar-refractivity contribution >= 4 is 0 Å². The molecule has 3 aliphatic rings. The van der Waals surface area contributed by atoms with Gasteiger partial charge >= 0.3 is 0 Å². The Balaban J connectivity index is 1.22. The first-order valence-electron chi connectivity index (χ1n) is 15.8. The summed E-state index contributed by atoms with van der Waals surface area (Å²) in [4.78, 5) is 3.07. The quantitative estimate of drug-likeness (QED) is 0.167. The topological polar surface area (TPSA) is 134 Å². The molecule has 0 aromatic heterocycles. The van der Waals surface area contributed by atoms with Gasteiger partial charge in [-0.2, -0.15) is 0 Å². The lowest BCUT2D eigenvalue weighted by atomic mass is 9.86. The summed E-state index contributed by atoms with van der Waals surface area (Å²) in [6.45, 7) is 4.89. The first-order valence-corrected chi connectivity index (χ1v) is 15.8. The Hall–Kier alpha value is -3.35. The predicted molar refractivity (Wildman–Crippen MR) is 167 cm³/mol. The average Bonchev–Trinajstić information content (AvgIpc) is 3.09. The number of aliphatic hydroxyl groups excluding tert-OH is 1. The van der Waals surface area contributed by atoms with Crippen LogP contribution in [0.1, 0.15) is 36.8 Å². The fourth-order valence-electron chi connectivity index (χ4n) is 6.42. The predicted octanol–water partition coefficient (Wildman–Crippen LogP) is 5.48. The number of fused-ring (bicyclic) bond motifs is 1. The SMILES string of the molecule is C[C@@H]1OC(COCc2ccccc2)[C@@H](O[C@@H]2OC3COC(c4ccccc4)O[C@H]3[C@H](O)C2OCc2ccccc2)[C@H](C)C1N=[N+]=[N-]. The zero-order valence-electron chi connectivity index (χ0n) is 26.0. The van der Waals surface area contributed by atoms with Crippen molar-refractivity contribution in [2.45, 2.75) is 88.4 Å². The maximum atomic E-state index is 11.8. The molecule has 11 heteroatoms. The van der Waals surface area contributed by atoms with Crippen molar-refractivity contribution in [3.05, 3.63) is 118 Å². The van der Waals surface area contributed by atoms with Gasteiger partial charge in [0.15, 0.2) is 12.6 Å². The molecule has 46 heavy (non-hydrogen) atoms. The lowest BCUT2D eigenvalue weighted by molar-refractivity contribution is -0.380. The van der Waals surface area contributed by atoms with Gasteiger partial charge in [-0.05, 0) is 29.5 Å². The van der Waals surface area contributed by atoms with Gasteiger partial charge in [-0.15, -0.1) is 0 Å². The highest BCUT2D eigenvalue weighted by molar-refractivity contribution is 5.17. The minimum absolute atomic E-state index is 0.186.